The summed E-state index contributed by atoms with van der Waals surface area (Å²) in [4.78, 5) is 16.6. The van der Waals surface area contributed by atoms with E-state index in [1.807, 2.05) is 11.0 Å². The van der Waals surface area contributed by atoms with E-state index in [1.54, 1.807) is 0 Å². The highest BCUT2D eigenvalue weighted by molar-refractivity contribution is 5.81. The van der Waals surface area contributed by atoms with Crippen molar-refractivity contribution < 1.29 is 4.79 Å². The second-order valence-electron chi connectivity index (χ2n) is 5.68. The summed E-state index contributed by atoms with van der Waals surface area (Å²) in [6, 6.07) is 0.790. The number of hydrogen-bond acceptors (Lipinski definition) is 2. The first kappa shape index (κ1) is 10.6. The van der Waals surface area contributed by atoms with Crippen LogP contribution in [-0.2, 0) is 4.79 Å². The van der Waals surface area contributed by atoms with Crippen molar-refractivity contribution >= 4 is 5.91 Å². The summed E-state index contributed by atoms with van der Waals surface area (Å²) < 4.78 is 0. The van der Waals surface area contributed by atoms with Gasteiger partial charge in [-0.25, -0.2) is 0 Å². The monoisotopic (exact) mass is 242 g/mol. The Kier molecular flexibility index (Phi) is 2.24. The van der Waals surface area contributed by atoms with E-state index in [2.05, 4.69) is 29.3 Å². The third-order valence-electron chi connectivity index (χ3n) is 4.68. The summed E-state index contributed by atoms with van der Waals surface area (Å²) >= 11 is 0. The van der Waals surface area contributed by atoms with E-state index in [-0.39, 0.29) is 11.9 Å². The molecule has 1 amide bonds. The van der Waals surface area contributed by atoms with E-state index in [0.717, 1.165) is 13.0 Å². The Labute approximate surface area is 107 Å². The number of piperidine rings is 1. The fourth-order valence-electron chi connectivity index (χ4n) is 3.93. The van der Waals surface area contributed by atoms with Crippen molar-refractivity contribution in [1.29, 1.82) is 0 Å². The van der Waals surface area contributed by atoms with Crippen molar-refractivity contribution in [2.24, 2.45) is 5.92 Å². The molecule has 0 bridgehead atoms. The number of carbonyl (C=O) groups is 1. The maximum Gasteiger partial charge on any atom is 0.230 e. The summed E-state index contributed by atoms with van der Waals surface area (Å²) in [5.41, 5.74) is 1.47. The predicted octanol–water partition coefficient (Wildman–Crippen LogP) is 1.69. The lowest BCUT2D eigenvalue weighted by molar-refractivity contribution is -0.131. The van der Waals surface area contributed by atoms with E-state index in [1.165, 1.54) is 18.5 Å². The summed E-state index contributed by atoms with van der Waals surface area (Å²) in [5, 5.41) is 0. The third-order valence-corrected chi connectivity index (χ3v) is 4.68. The molecule has 94 valence electrons. The van der Waals surface area contributed by atoms with Gasteiger partial charge in [-0.05, 0) is 25.0 Å². The van der Waals surface area contributed by atoms with Gasteiger partial charge in [0.25, 0.3) is 0 Å². The minimum absolute atomic E-state index is 0.247. The Morgan fingerprint density at radius 2 is 2.17 bits per heavy atom. The van der Waals surface area contributed by atoms with Gasteiger partial charge in [-0.3, -0.25) is 9.69 Å². The summed E-state index contributed by atoms with van der Waals surface area (Å²) in [6.45, 7) is 2.27. The molecule has 18 heavy (non-hydrogen) atoms. The molecule has 0 aromatic rings. The molecule has 4 aliphatic heterocycles. The quantitative estimate of drug-likeness (QED) is 0.604. The van der Waals surface area contributed by atoms with Crippen LogP contribution in [-0.4, -0.2) is 40.9 Å². The predicted molar refractivity (Wildman–Crippen MR) is 69.7 cm³/mol. The Hall–Kier alpha value is -1.35. The molecule has 4 aliphatic rings. The van der Waals surface area contributed by atoms with Crippen molar-refractivity contribution in [1.82, 2.24) is 9.80 Å². The molecule has 1 fully saturated rings. The van der Waals surface area contributed by atoms with E-state index >= 15 is 0 Å². The molecule has 0 N–H and O–H groups in total. The standard InChI is InChI=1S/C15H18N2O/c18-14-7-1-6-13-12-5-3-9-16-8-2-4-11(15(12)16)10-17(13)14/h1,3,5-6,10,12-13,15H,2,4,7-9H2. The van der Waals surface area contributed by atoms with Crippen molar-refractivity contribution in [2.45, 2.75) is 31.3 Å². The first-order valence-corrected chi connectivity index (χ1v) is 6.94. The lowest BCUT2D eigenvalue weighted by Crippen LogP contribution is -2.57. The number of amides is 1. The SMILES string of the molecule is O=C1CC=CC2C3C=CCN4CCCC(=CN12)C34. The van der Waals surface area contributed by atoms with Gasteiger partial charge in [-0.2, -0.15) is 0 Å². The second-order valence-corrected chi connectivity index (χ2v) is 5.68. The zero-order valence-electron chi connectivity index (χ0n) is 10.5. The van der Waals surface area contributed by atoms with Crippen molar-refractivity contribution in [3.8, 4) is 0 Å². The molecule has 0 aromatic heterocycles. The molecule has 0 radical (unpaired) electrons. The highest BCUT2D eigenvalue weighted by atomic mass is 16.2. The minimum atomic E-state index is 0.247. The van der Waals surface area contributed by atoms with Gasteiger partial charge in [0.1, 0.15) is 0 Å². The fraction of sp³-hybridized carbons (Fsp3) is 0.533. The van der Waals surface area contributed by atoms with Gasteiger partial charge in [0, 0.05) is 31.1 Å². The second kappa shape index (κ2) is 3.82. The van der Waals surface area contributed by atoms with Gasteiger partial charge >= 0.3 is 0 Å². The molecule has 0 aromatic carbocycles. The van der Waals surface area contributed by atoms with Crippen LogP contribution < -0.4 is 0 Å². The van der Waals surface area contributed by atoms with Crippen molar-refractivity contribution in [3.63, 3.8) is 0 Å². The van der Waals surface area contributed by atoms with Crippen LogP contribution in [0.1, 0.15) is 19.3 Å². The molecule has 1 saturated heterocycles. The Morgan fingerprint density at radius 1 is 1.22 bits per heavy atom. The van der Waals surface area contributed by atoms with Crippen LogP contribution in [0, 0.1) is 5.92 Å². The molecule has 3 nitrogen and oxygen atoms in total. The first-order chi connectivity index (χ1) is 8.84. The molecule has 3 atom stereocenters. The van der Waals surface area contributed by atoms with Crippen molar-refractivity contribution in [2.75, 3.05) is 13.1 Å². The van der Waals surface area contributed by atoms with E-state index in [0.29, 0.717) is 18.4 Å². The van der Waals surface area contributed by atoms with Gasteiger partial charge in [-0.15, -0.1) is 0 Å². The van der Waals surface area contributed by atoms with E-state index in [9.17, 15) is 4.79 Å². The van der Waals surface area contributed by atoms with Gasteiger partial charge in [0.05, 0.1) is 6.04 Å². The topological polar surface area (TPSA) is 23.6 Å². The first-order valence-electron chi connectivity index (χ1n) is 6.94. The zero-order valence-corrected chi connectivity index (χ0v) is 10.5. The number of fused-ring (bicyclic) bond motifs is 2. The van der Waals surface area contributed by atoms with Gasteiger partial charge in [0.2, 0.25) is 5.91 Å². The number of hydrogen-bond donors (Lipinski definition) is 0. The Balaban J connectivity index is 1.82. The lowest BCUT2D eigenvalue weighted by Gasteiger charge is -2.51. The molecular formula is C15H18N2O. The third kappa shape index (κ3) is 1.37. The molecule has 4 rings (SSSR count). The van der Waals surface area contributed by atoms with E-state index < -0.39 is 0 Å². The molecule has 3 heteroatoms. The molecule has 3 unspecified atom stereocenters. The summed E-state index contributed by atoms with van der Waals surface area (Å²) in [5.74, 6) is 0.712. The smallest absolute Gasteiger partial charge is 0.230 e. The average molecular weight is 242 g/mol. The van der Waals surface area contributed by atoms with Crippen LogP contribution in [0.15, 0.2) is 36.1 Å². The van der Waals surface area contributed by atoms with Crippen LogP contribution in [0.3, 0.4) is 0 Å². The number of nitrogens with zero attached hydrogens (tertiary/aromatic N) is 2. The fourth-order valence-corrected chi connectivity index (χ4v) is 3.93. The Bertz CT molecular complexity index is 477. The van der Waals surface area contributed by atoms with Crippen LogP contribution in [0.5, 0.6) is 0 Å². The maximum absolute atomic E-state index is 12.1. The molecule has 0 aliphatic carbocycles. The zero-order chi connectivity index (χ0) is 12.1. The lowest BCUT2D eigenvalue weighted by atomic mass is 9.76. The minimum Gasteiger partial charge on any atom is -0.311 e. The van der Waals surface area contributed by atoms with Crippen LogP contribution in [0.4, 0.5) is 0 Å². The molecular weight excluding hydrogens is 224 g/mol. The van der Waals surface area contributed by atoms with Gasteiger partial charge in [-0.1, -0.05) is 24.3 Å². The Morgan fingerprint density at radius 3 is 3.11 bits per heavy atom. The highest BCUT2D eigenvalue weighted by Crippen LogP contribution is 2.40. The summed E-state index contributed by atoms with van der Waals surface area (Å²) in [7, 11) is 0. The van der Waals surface area contributed by atoms with Gasteiger partial charge < -0.3 is 4.90 Å². The summed E-state index contributed by atoms with van der Waals surface area (Å²) in [6.07, 6.45) is 14.0. The number of rotatable bonds is 0. The normalized spacial score (nSPS) is 38.2. The largest absolute Gasteiger partial charge is 0.311 e. The molecule has 0 spiro atoms. The molecule has 0 saturated carbocycles. The highest BCUT2D eigenvalue weighted by Gasteiger charge is 2.44. The molecule has 4 heterocycles. The number of carbonyl (C=O) groups excluding carboxylic acids is 1. The average Bonchev–Trinajstić information content (AvgIpc) is 2.41. The van der Waals surface area contributed by atoms with Crippen LogP contribution in [0.25, 0.3) is 0 Å². The van der Waals surface area contributed by atoms with E-state index in [4.69, 9.17) is 0 Å². The van der Waals surface area contributed by atoms with Crippen LogP contribution >= 0.6 is 0 Å². The van der Waals surface area contributed by atoms with Crippen molar-refractivity contribution in [3.05, 3.63) is 36.1 Å². The van der Waals surface area contributed by atoms with Crippen LogP contribution in [0.2, 0.25) is 0 Å². The maximum atomic E-state index is 12.1. The van der Waals surface area contributed by atoms with Gasteiger partial charge in [0.15, 0.2) is 0 Å².